The van der Waals surface area contributed by atoms with Crippen LogP contribution < -0.4 is 10.0 Å². The molecule has 3 aromatic rings. The number of carbonyl (C=O) groups is 2. The molecule has 176 valence electrons. The van der Waals surface area contributed by atoms with Crippen molar-refractivity contribution in [2.75, 3.05) is 5.32 Å². The third-order valence-corrected chi connectivity index (χ3v) is 6.52. The fourth-order valence-electron chi connectivity index (χ4n) is 3.49. The molecule has 33 heavy (non-hydrogen) atoms. The normalized spacial score (nSPS) is 12.3. The lowest BCUT2D eigenvalue weighted by Crippen LogP contribution is -2.33. The van der Waals surface area contributed by atoms with Crippen LogP contribution in [0.1, 0.15) is 52.2 Å². The summed E-state index contributed by atoms with van der Waals surface area (Å²) in [7, 11) is -4.04. The summed E-state index contributed by atoms with van der Waals surface area (Å²) < 4.78 is 33.9. The Bertz CT molecular complexity index is 1210. The lowest BCUT2D eigenvalue weighted by Gasteiger charge is -2.19. The van der Waals surface area contributed by atoms with Crippen molar-refractivity contribution in [3.05, 3.63) is 60.8 Å². The average molecular weight is 472 g/mol. The molecule has 1 atom stereocenters. The van der Waals surface area contributed by atoms with Gasteiger partial charge in [-0.05, 0) is 42.1 Å². The van der Waals surface area contributed by atoms with Crippen molar-refractivity contribution in [1.82, 2.24) is 9.29 Å². The van der Waals surface area contributed by atoms with E-state index in [1.165, 1.54) is 12.1 Å². The van der Waals surface area contributed by atoms with Gasteiger partial charge in [0, 0.05) is 24.7 Å². The molecule has 1 aromatic heterocycles. The molecular weight excluding hydrogens is 442 g/mol. The Hall–Kier alpha value is -3.33. The van der Waals surface area contributed by atoms with E-state index in [0.29, 0.717) is 18.5 Å². The van der Waals surface area contributed by atoms with E-state index in [-0.39, 0.29) is 10.8 Å². The van der Waals surface area contributed by atoms with E-state index in [4.69, 9.17) is 4.74 Å². The SMILES string of the molecule is CCCCCC(=O)Nc1ccc2ccn(C(CC)OC(=O)NS(=O)(=O)c3ccccc3)c2c1. The minimum absolute atomic E-state index is 0.0271. The Morgan fingerprint density at radius 2 is 1.79 bits per heavy atom. The van der Waals surface area contributed by atoms with Gasteiger partial charge in [-0.1, -0.05) is 51.0 Å². The molecule has 3 rings (SSSR count). The summed E-state index contributed by atoms with van der Waals surface area (Å²) in [5.74, 6) is -0.0466. The van der Waals surface area contributed by atoms with Crippen LogP contribution in [0, 0.1) is 0 Å². The third-order valence-electron chi connectivity index (χ3n) is 5.19. The summed E-state index contributed by atoms with van der Waals surface area (Å²) in [6.45, 7) is 3.92. The number of ether oxygens (including phenoxy) is 1. The highest BCUT2D eigenvalue weighted by Crippen LogP contribution is 2.26. The minimum Gasteiger partial charge on any atom is -0.424 e. The number of anilines is 1. The van der Waals surface area contributed by atoms with Gasteiger partial charge in [-0.25, -0.2) is 17.9 Å². The zero-order valence-corrected chi connectivity index (χ0v) is 19.6. The van der Waals surface area contributed by atoms with Crippen LogP contribution in [0.3, 0.4) is 0 Å². The predicted molar refractivity (Wildman–Crippen MR) is 127 cm³/mol. The lowest BCUT2D eigenvalue weighted by atomic mass is 10.2. The van der Waals surface area contributed by atoms with Crippen LogP contribution in [0.25, 0.3) is 10.9 Å². The van der Waals surface area contributed by atoms with Crippen LogP contribution in [-0.4, -0.2) is 25.0 Å². The number of hydrogen-bond acceptors (Lipinski definition) is 5. The molecule has 0 radical (unpaired) electrons. The summed E-state index contributed by atoms with van der Waals surface area (Å²) in [6.07, 6.45) is 3.74. The second-order valence-corrected chi connectivity index (χ2v) is 9.37. The molecule has 0 bridgehead atoms. The van der Waals surface area contributed by atoms with Crippen molar-refractivity contribution in [3.63, 3.8) is 0 Å². The quantitative estimate of drug-likeness (QED) is 0.396. The number of carbonyl (C=O) groups excluding carboxylic acids is 2. The molecule has 2 amide bonds. The first kappa shape index (κ1) is 24.3. The Labute approximate surface area is 194 Å². The van der Waals surface area contributed by atoms with E-state index in [1.807, 2.05) is 35.9 Å². The number of hydrogen-bond donors (Lipinski definition) is 2. The Kier molecular flexibility index (Phi) is 8.11. The fraction of sp³-hybridized carbons (Fsp3) is 0.333. The van der Waals surface area contributed by atoms with Crippen LogP contribution in [0.2, 0.25) is 0 Å². The van der Waals surface area contributed by atoms with Gasteiger partial charge < -0.3 is 14.6 Å². The van der Waals surface area contributed by atoms with Gasteiger partial charge in [-0.2, -0.15) is 0 Å². The summed E-state index contributed by atoms with van der Waals surface area (Å²) in [5.41, 5.74) is 1.40. The molecule has 1 heterocycles. The number of nitrogens with zero attached hydrogens (tertiary/aromatic N) is 1. The van der Waals surface area contributed by atoms with E-state index in [0.717, 1.165) is 30.2 Å². The van der Waals surface area contributed by atoms with Gasteiger partial charge in [0.15, 0.2) is 6.23 Å². The molecule has 0 saturated carbocycles. The highest BCUT2D eigenvalue weighted by Gasteiger charge is 2.22. The summed E-state index contributed by atoms with van der Waals surface area (Å²) >= 11 is 0. The monoisotopic (exact) mass is 471 g/mol. The molecule has 0 aliphatic rings. The van der Waals surface area contributed by atoms with Crippen LogP contribution in [-0.2, 0) is 19.6 Å². The topological polar surface area (TPSA) is 106 Å². The van der Waals surface area contributed by atoms with Crippen LogP contribution in [0.4, 0.5) is 10.5 Å². The second-order valence-electron chi connectivity index (χ2n) is 7.69. The van der Waals surface area contributed by atoms with E-state index < -0.39 is 22.3 Å². The summed E-state index contributed by atoms with van der Waals surface area (Å²) in [4.78, 5) is 24.5. The van der Waals surface area contributed by atoms with E-state index >= 15 is 0 Å². The number of benzene rings is 2. The van der Waals surface area contributed by atoms with Crippen LogP contribution in [0.15, 0.2) is 65.7 Å². The van der Waals surface area contributed by atoms with Crippen molar-refractivity contribution in [3.8, 4) is 0 Å². The zero-order chi connectivity index (χ0) is 23.8. The van der Waals surface area contributed by atoms with Gasteiger partial charge in [0.05, 0.1) is 10.4 Å². The zero-order valence-electron chi connectivity index (χ0n) is 18.8. The predicted octanol–water partition coefficient (Wildman–Crippen LogP) is 5.18. The average Bonchev–Trinajstić information content (AvgIpc) is 3.21. The number of unbranched alkanes of at least 4 members (excludes halogenated alkanes) is 2. The molecule has 0 fully saturated rings. The van der Waals surface area contributed by atoms with Crippen LogP contribution >= 0.6 is 0 Å². The first-order chi connectivity index (χ1) is 15.8. The maximum atomic E-state index is 12.4. The second kappa shape index (κ2) is 11.0. The molecule has 0 aliphatic carbocycles. The van der Waals surface area contributed by atoms with E-state index in [2.05, 4.69) is 12.2 Å². The van der Waals surface area contributed by atoms with Crippen molar-refractivity contribution in [2.45, 2.75) is 57.1 Å². The van der Waals surface area contributed by atoms with Crippen LogP contribution in [0.5, 0.6) is 0 Å². The first-order valence-corrected chi connectivity index (χ1v) is 12.5. The maximum Gasteiger partial charge on any atom is 0.423 e. The third kappa shape index (κ3) is 6.35. The maximum absolute atomic E-state index is 12.4. The van der Waals surface area contributed by atoms with E-state index in [1.54, 1.807) is 29.0 Å². The van der Waals surface area contributed by atoms with Gasteiger partial charge in [0.1, 0.15) is 0 Å². The van der Waals surface area contributed by atoms with Gasteiger partial charge >= 0.3 is 6.09 Å². The Balaban J connectivity index is 1.73. The smallest absolute Gasteiger partial charge is 0.423 e. The lowest BCUT2D eigenvalue weighted by molar-refractivity contribution is -0.116. The Morgan fingerprint density at radius 1 is 1.03 bits per heavy atom. The molecule has 0 saturated heterocycles. The van der Waals surface area contributed by atoms with Crippen molar-refractivity contribution >= 4 is 38.6 Å². The number of sulfonamides is 1. The minimum atomic E-state index is -4.04. The number of fused-ring (bicyclic) bond motifs is 1. The molecule has 9 heteroatoms. The molecule has 8 nitrogen and oxygen atoms in total. The summed E-state index contributed by atoms with van der Waals surface area (Å²) in [5, 5.41) is 3.81. The van der Waals surface area contributed by atoms with Gasteiger partial charge in [0.2, 0.25) is 5.91 Å². The number of aromatic nitrogens is 1. The molecule has 1 unspecified atom stereocenters. The molecule has 2 N–H and O–H groups in total. The van der Waals surface area contributed by atoms with Crippen molar-refractivity contribution in [1.29, 1.82) is 0 Å². The highest BCUT2D eigenvalue weighted by atomic mass is 32.2. The largest absolute Gasteiger partial charge is 0.424 e. The molecule has 2 aromatic carbocycles. The Morgan fingerprint density at radius 3 is 2.48 bits per heavy atom. The molecule has 0 spiro atoms. The first-order valence-electron chi connectivity index (χ1n) is 11.0. The summed E-state index contributed by atoms with van der Waals surface area (Å²) in [6, 6.07) is 15.0. The molecule has 0 aliphatic heterocycles. The molecular formula is C24H29N3O5S. The van der Waals surface area contributed by atoms with Gasteiger partial charge in [-0.15, -0.1) is 0 Å². The number of nitrogens with one attached hydrogen (secondary N) is 2. The standard InChI is InChI=1S/C24H29N3O5S/c1-3-5-7-12-22(28)25-19-14-13-18-15-16-27(21(18)17-19)23(4-2)32-24(29)26-33(30,31)20-10-8-6-9-11-20/h6,8-11,13-17,23H,3-5,7,12H2,1-2H3,(H,25,28)(H,26,29). The number of amides is 2. The number of rotatable bonds is 10. The van der Waals surface area contributed by atoms with Crippen molar-refractivity contribution < 1.29 is 22.7 Å². The van der Waals surface area contributed by atoms with Crippen molar-refractivity contribution in [2.24, 2.45) is 0 Å². The fourth-order valence-corrected chi connectivity index (χ4v) is 4.39. The van der Waals surface area contributed by atoms with Gasteiger partial charge in [-0.3, -0.25) is 4.79 Å². The highest BCUT2D eigenvalue weighted by molar-refractivity contribution is 7.90. The van der Waals surface area contributed by atoms with Gasteiger partial charge in [0.25, 0.3) is 10.0 Å². The van der Waals surface area contributed by atoms with E-state index in [9.17, 15) is 18.0 Å².